The minimum Gasteiger partial charge on any atom is -0.499 e. The Balaban J connectivity index is 2.99. The second kappa shape index (κ2) is 4.53. The summed E-state index contributed by atoms with van der Waals surface area (Å²) in [5, 5.41) is 3.38. The topological polar surface area (TPSA) is 38.3 Å². The molecule has 0 fully saturated rings. The fraction of sp³-hybridized carbons (Fsp3) is 0.375. The van der Waals surface area contributed by atoms with Crippen molar-refractivity contribution in [3.63, 3.8) is 0 Å². The van der Waals surface area contributed by atoms with Crippen LogP contribution in [0.4, 0.5) is 0 Å². The molecule has 1 N–H and O–H groups in total. The lowest BCUT2D eigenvalue weighted by Crippen LogP contribution is -2.16. The SMILES string of the molecule is COC1=C(Cl)C(NC=O)=C(Cl)CC1. The number of hydrogen-bond acceptors (Lipinski definition) is 2. The van der Waals surface area contributed by atoms with E-state index in [1.807, 2.05) is 0 Å². The zero-order valence-electron chi connectivity index (χ0n) is 7.06. The number of rotatable bonds is 3. The van der Waals surface area contributed by atoms with Crippen molar-refractivity contribution in [2.45, 2.75) is 12.8 Å². The molecule has 0 unspecified atom stereocenters. The Morgan fingerprint density at radius 2 is 2.15 bits per heavy atom. The second-order valence-electron chi connectivity index (χ2n) is 2.48. The Bertz CT molecular complexity index is 284. The summed E-state index contributed by atoms with van der Waals surface area (Å²) in [5.74, 6) is 0.649. The second-order valence-corrected chi connectivity index (χ2v) is 3.32. The number of allylic oxidation sites excluding steroid dienone is 3. The fourth-order valence-electron chi connectivity index (χ4n) is 1.11. The molecule has 0 saturated heterocycles. The van der Waals surface area contributed by atoms with Crippen molar-refractivity contribution in [2.24, 2.45) is 0 Å². The number of methoxy groups -OCH3 is 1. The Morgan fingerprint density at radius 3 is 2.69 bits per heavy atom. The van der Waals surface area contributed by atoms with Crippen LogP contribution in [0.3, 0.4) is 0 Å². The van der Waals surface area contributed by atoms with Crippen LogP contribution in [-0.4, -0.2) is 13.5 Å². The molecule has 3 nitrogen and oxygen atoms in total. The molecule has 0 aromatic rings. The molecule has 0 aromatic carbocycles. The smallest absolute Gasteiger partial charge is 0.211 e. The lowest BCUT2D eigenvalue weighted by Gasteiger charge is -2.18. The molecule has 0 heterocycles. The zero-order valence-corrected chi connectivity index (χ0v) is 8.58. The summed E-state index contributed by atoms with van der Waals surface area (Å²) in [4.78, 5) is 10.2. The van der Waals surface area contributed by atoms with E-state index >= 15 is 0 Å². The summed E-state index contributed by atoms with van der Waals surface area (Å²) >= 11 is 11.8. The van der Waals surface area contributed by atoms with Crippen LogP contribution in [0.25, 0.3) is 0 Å². The van der Waals surface area contributed by atoms with Gasteiger partial charge >= 0.3 is 0 Å². The van der Waals surface area contributed by atoms with Gasteiger partial charge in [-0.1, -0.05) is 23.2 Å². The van der Waals surface area contributed by atoms with Gasteiger partial charge in [0.15, 0.2) is 0 Å². The van der Waals surface area contributed by atoms with Crippen molar-refractivity contribution in [1.29, 1.82) is 0 Å². The largest absolute Gasteiger partial charge is 0.499 e. The highest BCUT2D eigenvalue weighted by atomic mass is 35.5. The average molecular weight is 222 g/mol. The van der Waals surface area contributed by atoms with Crippen molar-refractivity contribution in [2.75, 3.05) is 7.11 Å². The van der Waals surface area contributed by atoms with E-state index in [1.54, 1.807) is 0 Å². The number of amides is 1. The summed E-state index contributed by atoms with van der Waals surface area (Å²) in [5.41, 5.74) is 0.446. The predicted octanol–water partition coefficient (Wildman–Crippen LogP) is 2.07. The minimum atomic E-state index is 0.380. The van der Waals surface area contributed by atoms with Gasteiger partial charge in [-0.3, -0.25) is 4.79 Å². The monoisotopic (exact) mass is 221 g/mol. The molecule has 0 atom stereocenters. The van der Waals surface area contributed by atoms with Crippen molar-refractivity contribution in [3.05, 3.63) is 21.5 Å². The summed E-state index contributed by atoms with van der Waals surface area (Å²) in [6.45, 7) is 0. The maximum atomic E-state index is 10.2. The summed E-state index contributed by atoms with van der Waals surface area (Å²) in [7, 11) is 1.54. The summed E-state index contributed by atoms with van der Waals surface area (Å²) in [6.07, 6.45) is 1.84. The molecule has 1 aliphatic rings. The molecule has 0 saturated carbocycles. The first kappa shape index (κ1) is 10.4. The van der Waals surface area contributed by atoms with Crippen molar-refractivity contribution in [1.82, 2.24) is 5.32 Å². The quantitative estimate of drug-likeness (QED) is 0.742. The molecule has 5 heteroatoms. The molecule has 1 aliphatic carbocycles. The molecule has 1 rings (SSSR count). The van der Waals surface area contributed by atoms with E-state index in [0.29, 0.717) is 40.8 Å². The highest BCUT2D eigenvalue weighted by Gasteiger charge is 2.19. The Morgan fingerprint density at radius 1 is 1.46 bits per heavy atom. The normalized spacial score (nSPS) is 17.5. The molecule has 0 bridgehead atoms. The molecule has 13 heavy (non-hydrogen) atoms. The van der Waals surface area contributed by atoms with Gasteiger partial charge in [0.25, 0.3) is 0 Å². The van der Waals surface area contributed by atoms with E-state index in [9.17, 15) is 4.79 Å². The first-order valence-electron chi connectivity index (χ1n) is 3.72. The minimum absolute atomic E-state index is 0.380. The van der Waals surface area contributed by atoms with Gasteiger partial charge in [-0.2, -0.15) is 0 Å². The molecule has 0 aromatic heterocycles. The average Bonchev–Trinajstić information content (AvgIpc) is 2.12. The maximum absolute atomic E-state index is 10.2. The van der Waals surface area contributed by atoms with E-state index < -0.39 is 0 Å². The highest BCUT2D eigenvalue weighted by Crippen LogP contribution is 2.33. The number of carbonyl (C=O) groups excluding carboxylic acids is 1. The van der Waals surface area contributed by atoms with Crippen LogP contribution in [0.5, 0.6) is 0 Å². The van der Waals surface area contributed by atoms with Crippen LogP contribution in [0.15, 0.2) is 21.5 Å². The predicted molar refractivity (Wildman–Crippen MR) is 51.2 cm³/mol. The third-order valence-electron chi connectivity index (χ3n) is 1.76. The van der Waals surface area contributed by atoms with E-state index in [2.05, 4.69) is 5.32 Å². The van der Waals surface area contributed by atoms with Crippen molar-refractivity contribution in [3.8, 4) is 0 Å². The molecule has 0 spiro atoms. The van der Waals surface area contributed by atoms with Gasteiger partial charge in [0.2, 0.25) is 6.41 Å². The van der Waals surface area contributed by atoms with E-state index in [0.717, 1.165) is 0 Å². The number of halogens is 2. The first-order valence-corrected chi connectivity index (χ1v) is 4.48. The van der Waals surface area contributed by atoms with Gasteiger partial charge in [0.05, 0.1) is 12.8 Å². The lowest BCUT2D eigenvalue weighted by molar-refractivity contribution is -0.108. The van der Waals surface area contributed by atoms with Gasteiger partial charge < -0.3 is 10.1 Å². The van der Waals surface area contributed by atoms with Crippen LogP contribution in [0.1, 0.15) is 12.8 Å². The number of ether oxygens (including phenoxy) is 1. The van der Waals surface area contributed by atoms with Gasteiger partial charge in [-0.25, -0.2) is 0 Å². The van der Waals surface area contributed by atoms with Gasteiger partial charge in [0, 0.05) is 11.5 Å². The Kier molecular flexibility index (Phi) is 3.63. The molecular weight excluding hydrogens is 213 g/mol. The Hall–Kier alpha value is -0.670. The van der Waals surface area contributed by atoms with Gasteiger partial charge in [-0.15, -0.1) is 0 Å². The van der Waals surface area contributed by atoms with Crippen molar-refractivity contribution >= 4 is 29.6 Å². The zero-order chi connectivity index (χ0) is 9.84. The Labute approximate surface area is 86.3 Å². The van der Waals surface area contributed by atoms with Crippen LogP contribution in [-0.2, 0) is 9.53 Å². The van der Waals surface area contributed by atoms with Crippen LogP contribution < -0.4 is 5.32 Å². The van der Waals surface area contributed by atoms with Crippen LogP contribution in [0, 0.1) is 0 Å². The van der Waals surface area contributed by atoms with Gasteiger partial charge in [-0.05, 0) is 6.42 Å². The lowest BCUT2D eigenvalue weighted by atomic mass is 10.1. The molecular formula is C8H9Cl2NO2. The summed E-state index contributed by atoms with van der Waals surface area (Å²) < 4.78 is 5.03. The molecule has 0 radical (unpaired) electrons. The van der Waals surface area contributed by atoms with Crippen molar-refractivity contribution < 1.29 is 9.53 Å². The molecule has 1 amide bonds. The van der Waals surface area contributed by atoms with Gasteiger partial charge in [0.1, 0.15) is 10.8 Å². The maximum Gasteiger partial charge on any atom is 0.211 e. The third-order valence-corrected chi connectivity index (χ3v) is 2.53. The highest BCUT2D eigenvalue weighted by molar-refractivity contribution is 6.36. The van der Waals surface area contributed by atoms with E-state index in [4.69, 9.17) is 27.9 Å². The number of carbonyl (C=O) groups is 1. The molecule has 72 valence electrons. The third kappa shape index (κ3) is 2.17. The standard InChI is InChI=1S/C8H9Cl2NO2/c1-13-6-3-2-5(9)8(7(6)10)11-4-12/h4H,2-3H2,1H3,(H,11,12). The molecule has 0 aliphatic heterocycles. The summed E-state index contributed by atoms with van der Waals surface area (Å²) in [6, 6.07) is 0. The van der Waals surface area contributed by atoms with Crippen LogP contribution in [0.2, 0.25) is 0 Å². The van der Waals surface area contributed by atoms with E-state index in [-0.39, 0.29) is 0 Å². The number of hydrogen-bond donors (Lipinski definition) is 1. The van der Waals surface area contributed by atoms with E-state index in [1.165, 1.54) is 7.11 Å². The number of nitrogens with one attached hydrogen (secondary N) is 1. The van der Waals surface area contributed by atoms with Crippen LogP contribution >= 0.6 is 23.2 Å². The first-order chi connectivity index (χ1) is 6.20. The fourth-order valence-corrected chi connectivity index (χ4v) is 1.74.